The maximum absolute atomic E-state index is 11.4. The number of benzene rings is 2. The first-order chi connectivity index (χ1) is 15.0. The Kier molecular flexibility index (Phi) is 7.05. The number of carboxylic acids is 1. The molecule has 0 fully saturated rings. The Bertz CT molecular complexity index is 1080. The Morgan fingerprint density at radius 3 is 2.48 bits per heavy atom. The summed E-state index contributed by atoms with van der Waals surface area (Å²) in [7, 11) is 3.07. The first-order valence-electron chi connectivity index (χ1n) is 9.91. The first-order valence-corrected chi connectivity index (χ1v) is 9.91. The molecule has 0 aliphatic rings. The second kappa shape index (κ2) is 9.91. The molecule has 3 aromatic rings. The van der Waals surface area contributed by atoms with E-state index in [1.54, 1.807) is 19.2 Å². The lowest BCUT2D eigenvalue weighted by molar-refractivity contribution is -0.139. The van der Waals surface area contributed by atoms with Gasteiger partial charge in [0.15, 0.2) is 6.04 Å². The minimum Gasteiger partial charge on any atom is -0.480 e. The fraction of sp³-hybridized carbons (Fsp3) is 0.200. The van der Waals surface area contributed by atoms with Crippen LogP contribution in [0.15, 0.2) is 60.7 Å². The highest BCUT2D eigenvalue weighted by Gasteiger charge is 2.24. The van der Waals surface area contributed by atoms with Gasteiger partial charge < -0.3 is 19.8 Å². The minimum absolute atomic E-state index is 0.291. The molecule has 31 heavy (non-hydrogen) atoms. The van der Waals surface area contributed by atoms with Gasteiger partial charge in [0.05, 0.1) is 19.4 Å². The van der Waals surface area contributed by atoms with Crippen LogP contribution >= 0.6 is 0 Å². The Morgan fingerprint density at radius 2 is 1.84 bits per heavy atom. The van der Waals surface area contributed by atoms with Crippen LogP contribution < -0.4 is 9.64 Å². The zero-order chi connectivity index (χ0) is 22.4. The first kappa shape index (κ1) is 22.1. The van der Waals surface area contributed by atoms with Crippen LogP contribution in [0, 0.1) is 6.92 Å². The predicted octanol–water partition coefficient (Wildman–Crippen LogP) is 4.12. The minimum atomic E-state index is -1.12. The molecule has 0 aliphatic carbocycles. The molecular formula is C25H26N2O4. The molecule has 1 aromatic heterocycles. The molecule has 160 valence electrons. The highest BCUT2D eigenvalue weighted by atomic mass is 16.5. The van der Waals surface area contributed by atoms with Crippen LogP contribution in [-0.4, -0.2) is 48.0 Å². The summed E-state index contributed by atoms with van der Waals surface area (Å²) < 4.78 is 5.37. The summed E-state index contributed by atoms with van der Waals surface area (Å²) in [6, 6.07) is 18.9. The van der Waals surface area contributed by atoms with Crippen molar-refractivity contribution in [2.75, 3.05) is 25.7 Å². The molecule has 3 rings (SSSR count). The molecule has 0 bridgehead atoms. The lowest BCUT2D eigenvalue weighted by Crippen LogP contribution is -2.41. The Hall–Kier alpha value is -3.64. The third kappa shape index (κ3) is 4.92. The second-order valence-corrected chi connectivity index (χ2v) is 7.13. The van der Waals surface area contributed by atoms with Crippen molar-refractivity contribution < 1.29 is 19.7 Å². The van der Waals surface area contributed by atoms with Gasteiger partial charge in [0.25, 0.3) is 0 Å². The van der Waals surface area contributed by atoms with Gasteiger partial charge in [-0.3, -0.25) is 0 Å². The number of carboxylic acid groups (broad SMARTS) is 1. The van der Waals surface area contributed by atoms with E-state index in [0.717, 1.165) is 5.56 Å². The van der Waals surface area contributed by atoms with Gasteiger partial charge >= 0.3 is 5.97 Å². The normalized spacial score (nSPS) is 12.0. The van der Waals surface area contributed by atoms with E-state index in [1.165, 1.54) is 28.7 Å². The van der Waals surface area contributed by atoms with Crippen LogP contribution in [0.2, 0.25) is 0 Å². The zero-order valence-electron chi connectivity index (χ0n) is 17.8. The quantitative estimate of drug-likeness (QED) is 0.573. The van der Waals surface area contributed by atoms with Gasteiger partial charge in [-0.05, 0) is 47.4 Å². The smallest absolute Gasteiger partial charge is 0.328 e. The standard InChI is InChI=1S/C25H26N2O4/c1-17-18(10-7-11-21(17)19-8-5-4-6-9-19)12-13-20-14-15-22(24(26-20)31-3)27(2)23(16-28)25(29)30/h4-15,23,28H,16H2,1-3H3,(H,29,30)/b13-12+. The highest BCUT2D eigenvalue weighted by molar-refractivity contribution is 5.80. The molecule has 0 aliphatic heterocycles. The Balaban J connectivity index is 1.89. The van der Waals surface area contributed by atoms with Gasteiger partial charge in [-0.25, -0.2) is 9.78 Å². The van der Waals surface area contributed by atoms with Crippen LogP contribution in [0.5, 0.6) is 5.88 Å². The molecule has 0 saturated carbocycles. The van der Waals surface area contributed by atoms with E-state index >= 15 is 0 Å². The molecule has 1 atom stereocenters. The van der Waals surface area contributed by atoms with Crippen molar-refractivity contribution in [1.82, 2.24) is 4.98 Å². The number of likely N-dealkylation sites (N-methyl/N-ethyl adjacent to an activating group) is 1. The van der Waals surface area contributed by atoms with Crippen LogP contribution in [0.25, 0.3) is 23.3 Å². The topological polar surface area (TPSA) is 82.9 Å². The zero-order valence-corrected chi connectivity index (χ0v) is 17.8. The number of pyridine rings is 1. The summed E-state index contributed by atoms with van der Waals surface area (Å²) >= 11 is 0. The molecule has 0 amide bonds. The lowest BCUT2D eigenvalue weighted by Gasteiger charge is -2.26. The van der Waals surface area contributed by atoms with Gasteiger partial charge in [0.2, 0.25) is 5.88 Å². The van der Waals surface area contributed by atoms with E-state index in [9.17, 15) is 15.0 Å². The molecule has 2 aromatic carbocycles. The number of aliphatic hydroxyl groups excluding tert-OH is 1. The van der Waals surface area contributed by atoms with E-state index in [2.05, 4.69) is 36.2 Å². The Morgan fingerprint density at radius 1 is 1.10 bits per heavy atom. The average Bonchev–Trinajstić information content (AvgIpc) is 2.79. The predicted molar refractivity (Wildman–Crippen MR) is 123 cm³/mol. The summed E-state index contributed by atoms with van der Waals surface area (Å²) in [4.78, 5) is 17.3. The van der Waals surface area contributed by atoms with Crippen LogP contribution in [0.3, 0.4) is 0 Å². The third-order valence-corrected chi connectivity index (χ3v) is 5.25. The highest BCUT2D eigenvalue weighted by Crippen LogP contribution is 2.29. The molecule has 0 saturated heterocycles. The van der Waals surface area contributed by atoms with Crippen molar-refractivity contribution >= 4 is 23.8 Å². The number of aromatic nitrogens is 1. The number of aliphatic hydroxyl groups is 1. The van der Waals surface area contributed by atoms with Gasteiger partial charge in [-0.2, -0.15) is 0 Å². The van der Waals surface area contributed by atoms with Crippen LogP contribution in [0.1, 0.15) is 16.8 Å². The third-order valence-electron chi connectivity index (χ3n) is 5.25. The summed E-state index contributed by atoms with van der Waals surface area (Å²) in [5, 5.41) is 18.7. The van der Waals surface area contributed by atoms with Crippen molar-refractivity contribution in [2.45, 2.75) is 13.0 Å². The van der Waals surface area contributed by atoms with Gasteiger partial charge in [0.1, 0.15) is 5.69 Å². The summed E-state index contributed by atoms with van der Waals surface area (Å²) in [5.74, 6) is -0.830. The summed E-state index contributed by atoms with van der Waals surface area (Å²) in [5.41, 5.74) is 5.75. The monoisotopic (exact) mass is 418 g/mol. The van der Waals surface area contributed by atoms with Gasteiger partial charge in [-0.15, -0.1) is 0 Å². The van der Waals surface area contributed by atoms with Crippen molar-refractivity contribution in [3.05, 3.63) is 77.5 Å². The number of hydrogen-bond acceptors (Lipinski definition) is 5. The van der Waals surface area contributed by atoms with Crippen LogP contribution in [-0.2, 0) is 4.79 Å². The number of methoxy groups -OCH3 is 1. The van der Waals surface area contributed by atoms with Gasteiger partial charge in [0, 0.05) is 7.05 Å². The molecule has 1 unspecified atom stereocenters. The molecule has 2 N–H and O–H groups in total. The fourth-order valence-corrected chi connectivity index (χ4v) is 3.43. The Labute approximate surface area is 182 Å². The largest absolute Gasteiger partial charge is 0.480 e. The number of aliphatic carboxylic acids is 1. The number of carbonyl (C=O) groups is 1. The van der Waals surface area contributed by atoms with E-state index < -0.39 is 18.6 Å². The van der Waals surface area contributed by atoms with Crippen molar-refractivity contribution in [2.24, 2.45) is 0 Å². The molecule has 0 spiro atoms. The summed E-state index contributed by atoms with van der Waals surface area (Å²) in [6.45, 7) is 1.57. The average molecular weight is 418 g/mol. The summed E-state index contributed by atoms with van der Waals surface area (Å²) in [6.07, 6.45) is 3.89. The SMILES string of the molecule is COc1nc(/C=C/c2cccc(-c3ccccc3)c2C)ccc1N(C)C(CO)C(=O)O. The van der Waals surface area contributed by atoms with E-state index in [4.69, 9.17) is 4.74 Å². The second-order valence-electron chi connectivity index (χ2n) is 7.13. The maximum atomic E-state index is 11.4. The molecule has 0 radical (unpaired) electrons. The van der Waals surface area contributed by atoms with Crippen molar-refractivity contribution in [1.29, 1.82) is 0 Å². The fourth-order valence-electron chi connectivity index (χ4n) is 3.43. The van der Waals surface area contributed by atoms with Gasteiger partial charge in [-0.1, -0.05) is 54.6 Å². The molecule has 6 nitrogen and oxygen atoms in total. The molecular weight excluding hydrogens is 392 g/mol. The maximum Gasteiger partial charge on any atom is 0.328 e. The van der Waals surface area contributed by atoms with E-state index in [0.29, 0.717) is 17.3 Å². The lowest BCUT2D eigenvalue weighted by atomic mass is 9.96. The number of nitrogens with zero attached hydrogens (tertiary/aromatic N) is 2. The van der Waals surface area contributed by atoms with E-state index in [-0.39, 0.29) is 0 Å². The van der Waals surface area contributed by atoms with Crippen LogP contribution in [0.4, 0.5) is 5.69 Å². The number of ether oxygens (including phenoxy) is 1. The van der Waals surface area contributed by atoms with E-state index in [1.807, 2.05) is 36.4 Å². The van der Waals surface area contributed by atoms with Crippen molar-refractivity contribution in [3.8, 4) is 17.0 Å². The number of rotatable bonds is 8. The van der Waals surface area contributed by atoms with Crippen molar-refractivity contribution in [3.63, 3.8) is 0 Å². The molecule has 1 heterocycles. The number of hydrogen-bond donors (Lipinski definition) is 2. The molecule has 6 heteroatoms. The number of anilines is 1.